The van der Waals surface area contributed by atoms with Gasteiger partial charge in [0.25, 0.3) is 0 Å². The Balaban J connectivity index is -0.000000467. The summed E-state index contributed by atoms with van der Waals surface area (Å²) in [4.78, 5) is 21.0. The number of benzene rings is 1. The fraction of sp³-hybridized carbons (Fsp3) is 0.633. The number of nitrogen functional groups attached to an aromatic ring is 1. The average Bonchev–Trinajstić information content (AvgIpc) is 3.35. The zero-order chi connectivity index (χ0) is 27.6. The molecule has 5 heteroatoms. The molecule has 35 heavy (non-hydrogen) atoms. The van der Waals surface area contributed by atoms with Crippen LogP contribution in [0.15, 0.2) is 34.9 Å². The summed E-state index contributed by atoms with van der Waals surface area (Å²) in [5.41, 5.74) is 7.82. The van der Waals surface area contributed by atoms with Gasteiger partial charge in [-0.3, -0.25) is 9.59 Å². The highest BCUT2D eigenvalue weighted by molar-refractivity contribution is 5.94. The van der Waals surface area contributed by atoms with Gasteiger partial charge in [-0.1, -0.05) is 124 Å². The second kappa shape index (κ2) is 26.2. The van der Waals surface area contributed by atoms with E-state index in [2.05, 4.69) is 39.8 Å². The van der Waals surface area contributed by atoms with Crippen molar-refractivity contribution < 1.29 is 14.1 Å². The first-order valence-corrected chi connectivity index (χ1v) is 13.6. The van der Waals surface area contributed by atoms with E-state index in [0.29, 0.717) is 22.9 Å². The van der Waals surface area contributed by atoms with Gasteiger partial charge in [-0.25, -0.2) is 0 Å². The quantitative estimate of drug-likeness (QED) is 0.264. The summed E-state index contributed by atoms with van der Waals surface area (Å²) < 4.78 is 4.95. The van der Waals surface area contributed by atoms with E-state index in [4.69, 9.17) is 10.3 Å². The molecule has 1 heterocycles. The van der Waals surface area contributed by atoms with Crippen LogP contribution in [-0.2, 0) is 0 Å². The molecule has 5 nitrogen and oxygen atoms in total. The lowest BCUT2D eigenvalue weighted by Crippen LogP contribution is -2.02. The summed E-state index contributed by atoms with van der Waals surface area (Å²) in [5, 5.41) is 4.04. The molecule has 1 aromatic heterocycles. The molecule has 0 fully saturated rings. The molecule has 0 aliphatic rings. The van der Waals surface area contributed by atoms with E-state index in [0.717, 1.165) is 17.9 Å². The molecule has 2 aromatic rings. The molecule has 0 spiro atoms. The fourth-order valence-corrected chi connectivity index (χ4v) is 2.77. The molecule has 0 aliphatic heterocycles. The largest absolute Gasteiger partial charge is 0.368 e. The number of nitrogens with two attached hydrogens (primary N) is 1. The minimum absolute atomic E-state index is 0.0162. The smallest absolute Gasteiger partial charge is 0.222 e. The molecule has 0 aliphatic carbocycles. The molecule has 0 saturated heterocycles. The van der Waals surface area contributed by atoms with Crippen LogP contribution < -0.4 is 5.73 Å². The minimum atomic E-state index is 0.0162. The number of anilines is 1. The number of nitrogens with zero attached hydrogens (tertiary/aromatic N) is 1. The van der Waals surface area contributed by atoms with Gasteiger partial charge in [0.2, 0.25) is 5.88 Å². The first-order chi connectivity index (χ1) is 16.8. The average molecular weight is 491 g/mol. The molecule has 202 valence electrons. The second-order valence-corrected chi connectivity index (χ2v) is 8.03. The summed E-state index contributed by atoms with van der Waals surface area (Å²) in [6.07, 6.45) is 9.44. The maximum Gasteiger partial charge on any atom is 0.222 e. The molecule has 2 atom stereocenters. The highest BCUT2D eigenvalue weighted by atomic mass is 16.5. The Morgan fingerprint density at radius 3 is 1.83 bits per heavy atom. The Kier molecular flexibility index (Phi) is 27.8. The number of carbonyl (C=O) groups excluding carboxylic acids is 2. The zero-order valence-corrected chi connectivity index (χ0v) is 24.3. The third-order valence-corrected chi connectivity index (χ3v) is 5.26. The molecule has 1 aromatic carbocycles. The number of aromatic nitrogens is 1. The van der Waals surface area contributed by atoms with E-state index in [9.17, 15) is 9.59 Å². The van der Waals surface area contributed by atoms with Crippen LogP contribution in [0.25, 0.3) is 0 Å². The number of rotatable bonds is 10. The number of ketones is 1. The summed E-state index contributed by atoms with van der Waals surface area (Å²) in [5.74, 6) is 1.76. The molecule has 2 unspecified atom stereocenters. The topological polar surface area (TPSA) is 86.2 Å². The maximum absolute atomic E-state index is 10.8. The summed E-state index contributed by atoms with van der Waals surface area (Å²) in [7, 11) is 0. The van der Waals surface area contributed by atoms with Gasteiger partial charge in [-0.15, -0.1) is 0 Å². The lowest BCUT2D eigenvalue weighted by Gasteiger charge is -2.15. The number of unbranched alkanes of at least 4 members (excludes halogenated alkanes) is 1. The number of hydrogen-bond donors (Lipinski definition) is 1. The molecule has 0 bridgehead atoms. The van der Waals surface area contributed by atoms with Crippen molar-refractivity contribution >= 4 is 18.0 Å². The van der Waals surface area contributed by atoms with Crippen LogP contribution in [0.5, 0.6) is 0 Å². The van der Waals surface area contributed by atoms with E-state index in [1.54, 1.807) is 24.3 Å². The van der Waals surface area contributed by atoms with Gasteiger partial charge in [0.15, 0.2) is 5.78 Å². The molecular weight excluding hydrogens is 436 g/mol. The van der Waals surface area contributed by atoms with Gasteiger partial charge in [0.1, 0.15) is 6.29 Å². The molecule has 0 amide bonds. The van der Waals surface area contributed by atoms with Gasteiger partial charge >= 0.3 is 0 Å². The van der Waals surface area contributed by atoms with Gasteiger partial charge in [0.05, 0.1) is 5.69 Å². The van der Waals surface area contributed by atoms with E-state index >= 15 is 0 Å². The predicted octanol–water partition coefficient (Wildman–Crippen LogP) is 9.53. The SMILES string of the molecule is CC.CC.CC(=O)c1ccc(C=O)cc1.CCCC.CCCC(CCC(C)CC)c1cc(N)on1. The molecule has 2 rings (SSSR count). The fourth-order valence-electron chi connectivity index (χ4n) is 2.77. The lowest BCUT2D eigenvalue weighted by molar-refractivity contribution is 0.101. The maximum atomic E-state index is 10.8. The van der Waals surface area contributed by atoms with Crippen molar-refractivity contribution in [1.82, 2.24) is 5.16 Å². The Hall–Kier alpha value is -2.43. The second-order valence-electron chi connectivity index (χ2n) is 8.03. The van der Waals surface area contributed by atoms with E-state index < -0.39 is 0 Å². The molecule has 0 saturated carbocycles. The van der Waals surface area contributed by atoms with Crippen LogP contribution in [0.1, 0.15) is 147 Å². The first-order valence-electron chi connectivity index (χ1n) is 13.6. The van der Waals surface area contributed by atoms with E-state index in [1.807, 2.05) is 33.8 Å². The van der Waals surface area contributed by atoms with Crippen LogP contribution in [0.4, 0.5) is 5.88 Å². The van der Waals surface area contributed by atoms with Crippen molar-refractivity contribution in [2.45, 2.75) is 120 Å². The highest BCUT2D eigenvalue weighted by Crippen LogP contribution is 2.28. The minimum Gasteiger partial charge on any atom is -0.368 e. The molecule has 2 N–H and O–H groups in total. The normalized spacial score (nSPS) is 10.9. The number of hydrogen-bond acceptors (Lipinski definition) is 5. The number of aldehydes is 1. The predicted molar refractivity (Wildman–Crippen MR) is 152 cm³/mol. The lowest BCUT2D eigenvalue weighted by atomic mass is 9.90. The van der Waals surface area contributed by atoms with E-state index in [1.165, 1.54) is 51.9 Å². The zero-order valence-electron chi connectivity index (χ0n) is 24.3. The highest BCUT2D eigenvalue weighted by Gasteiger charge is 2.16. The molecular formula is C30H54N2O3. The first kappa shape index (κ1) is 37.1. The summed E-state index contributed by atoms with van der Waals surface area (Å²) in [6, 6.07) is 8.42. The van der Waals surface area contributed by atoms with Crippen LogP contribution >= 0.6 is 0 Å². The standard InChI is InChI=1S/C13H24N2O.C9H8O2.C4H10.2C2H6/c1-4-6-11(8-7-10(3)5-2)12-9-13(14)16-15-12;1-7(11)9-4-2-8(6-10)3-5-9;1-3-4-2;2*1-2/h9-11H,4-8,14H2,1-3H3;2-6H,1H3;3-4H2,1-2H3;2*1-2H3. The summed E-state index contributed by atoms with van der Waals surface area (Å²) >= 11 is 0. The van der Waals surface area contributed by atoms with Crippen molar-refractivity contribution in [1.29, 1.82) is 0 Å². The van der Waals surface area contributed by atoms with Crippen molar-refractivity contribution in [3.63, 3.8) is 0 Å². The van der Waals surface area contributed by atoms with Gasteiger partial charge in [0, 0.05) is 23.1 Å². The Morgan fingerprint density at radius 1 is 0.943 bits per heavy atom. The van der Waals surface area contributed by atoms with Crippen LogP contribution in [0, 0.1) is 5.92 Å². The Labute approximate surface area is 216 Å². The monoisotopic (exact) mass is 490 g/mol. The summed E-state index contributed by atoms with van der Waals surface area (Å²) in [6.45, 7) is 20.6. The third kappa shape index (κ3) is 19.6. The van der Waals surface area contributed by atoms with E-state index in [-0.39, 0.29) is 5.78 Å². The van der Waals surface area contributed by atoms with Crippen LogP contribution in [0.2, 0.25) is 0 Å². The number of carbonyl (C=O) groups is 2. The van der Waals surface area contributed by atoms with Crippen molar-refractivity contribution in [3.8, 4) is 0 Å². The van der Waals surface area contributed by atoms with Crippen LogP contribution in [0.3, 0.4) is 0 Å². The Morgan fingerprint density at radius 2 is 1.49 bits per heavy atom. The molecule has 0 radical (unpaired) electrons. The van der Waals surface area contributed by atoms with Crippen molar-refractivity contribution in [3.05, 3.63) is 47.2 Å². The van der Waals surface area contributed by atoms with Crippen LogP contribution in [-0.4, -0.2) is 17.2 Å². The van der Waals surface area contributed by atoms with Gasteiger partial charge < -0.3 is 10.3 Å². The van der Waals surface area contributed by atoms with Gasteiger partial charge in [-0.2, -0.15) is 0 Å². The third-order valence-electron chi connectivity index (χ3n) is 5.26. The number of Topliss-reactive ketones (excluding diaryl/α,β-unsaturated/α-hetero) is 1. The van der Waals surface area contributed by atoms with Gasteiger partial charge in [-0.05, 0) is 25.7 Å². The van der Waals surface area contributed by atoms with Crippen molar-refractivity contribution in [2.75, 3.05) is 5.73 Å². The van der Waals surface area contributed by atoms with Crippen molar-refractivity contribution in [2.24, 2.45) is 5.92 Å². The Bertz CT molecular complexity index is 721.